The van der Waals surface area contributed by atoms with Crippen molar-refractivity contribution < 1.29 is 0 Å². The van der Waals surface area contributed by atoms with Gasteiger partial charge in [-0.05, 0) is 30.4 Å². The highest BCUT2D eigenvalue weighted by Gasteiger charge is 2.39. The van der Waals surface area contributed by atoms with Gasteiger partial charge >= 0.3 is 0 Å². The zero-order valence-electron chi connectivity index (χ0n) is 33.9. The smallest absolute Gasteiger partial charge is 0.112 e. The molecule has 0 aliphatic carbocycles. The standard InChI is InChI=1S/C49H80N2/c1-4-6-8-10-12-14-15-16-17-18-19-20-21-22-24-26-34-40-47(48-50-41-43-51(48)42-35-27-25-23-13-11-9-7-5-2)49(3,46-38-32-29-33-39-46)44-45-36-30-28-31-37-45/h28-33,36-39,41,43,47H,4-27,34-35,40,42,44H2,1-3H3. The van der Waals surface area contributed by atoms with E-state index in [1.165, 1.54) is 190 Å². The molecule has 0 bridgehead atoms. The highest BCUT2D eigenvalue weighted by atomic mass is 15.1. The molecule has 1 aromatic heterocycles. The molecule has 2 atom stereocenters. The Morgan fingerprint density at radius 3 is 1.39 bits per heavy atom. The second kappa shape index (κ2) is 28.2. The van der Waals surface area contributed by atoms with E-state index in [4.69, 9.17) is 4.98 Å². The number of hydrogen-bond acceptors (Lipinski definition) is 1. The van der Waals surface area contributed by atoms with E-state index in [2.05, 4.69) is 98.4 Å². The predicted molar refractivity (Wildman–Crippen MR) is 225 cm³/mol. The summed E-state index contributed by atoms with van der Waals surface area (Å²) in [6, 6.07) is 22.6. The van der Waals surface area contributed by atoms with E-state index in [1.54, 1.807) is 0 Å². The maximum Gasteiger partial charge on any atom is 0.112 e. The zero-order valence-corrected chi connectivity index (χ0v) is 33.9. The molecular formula is C49H80N2. The molecule has 0 aliphatic rings. The van der Waals surface area contributed by atoms with E-state index in [0.29, 0.717) is 5.92 Å². The number of nitrogens with zero attached hydrogens (tertiary/aromatic N) is 2. The minimum Gasteiger partial charge on any atom is -0.335 e. The van der Waals surface area contributed by atoms with Crippen molar-refractivity contribution in [3.63, 3.8) is 0 Å². The van der Waals surface area contributed by atoms with Gasteiger partial charge in [0.25, 0.3) is 0 Å². The Balaban J connectivity index is 1.51. The fourth-order valence-corrected chi connectivity index (χ4v) is 8.48. The molecule has 3 aromatic rings. The largest absolute Gasteiger partial charge is 0.335 e. The molecule has 0 saturated heterocycles. The molecule has 0 fully saturated rings. The summed E-state index contributed by atoms with van der Waals surface area (Å²) in [6.07, 6.45) is 43.0. The van der Waals surface area contributed by atoms with Crippen LogP contribution in [0, 0.1) is 0 Å². The number of imidazole rings is 1. The molecule has 2 unspecified atom stereocenters. The summed E-state index contributed by atoms with van der Waals surface area (Å²) in [5, 5.41) is 0. The van der Waals surface area contributed by atoms with Gasteiger partial charge in [0.2, 0.25) is 0 Å². The first-order chi connectivity index (χ1) is 25.2. The van der Waals surface area contributed by atoms with Gasteiger partial charge in [0.1, 0.15) is 5.82 Å². The Hall–Kier alpha value is -2.35. The van der Waals surface area contributed by atoms with Crippen molar-refractivity contribution in [1.29, 1.82) is 0 Å². The van der Waals surface area contributed by atoms with Crippen molar-refractivity contribution in [2.24, 2.45) is 0 Å². The van der Waals surface area contributed by atoms with E-state index in [1.807, 2.05) is 0 Å². The van der Waals surface area contributed by atoms with Gasteiger partial charge in [-0.25, -0.2) is 4.98 Å². The quantitative estimate of drug-likeness (QED) is 0.0580. The highest BCUT2D eigenvalue weighted by Crippen LogP contribution is 2.44. The van der Waals surface area contributed by atoms with Gasteiger partial charge in [-0.1, -0.05) is 242 Å². The van der Waals surface area contributed by atoms with Crippen LogP contribution < -0.4 is 0 Å². The van der Waals surface area contributed by atoms with Crippen LogP contribution >= 0.6 is 0 Å². The molecule has 286 valence electrons. The van der Waals surface area contributed by atoms with Crippen LogP contribution in [0.4, 0.5) is 0 Å². The van der Waals surface area contributed by atoms with E-state index >= 15 is 0 Å². The molecule has 2 nitrogen and oxygen atoms in total. The van der Waals surface area contributed by atoms with Gasteiger partial charge in [0.05, 0.1) is 0 Å². The van der Waals surface area contributed by atoms with Crippen LogP contribution in [0.5, 0.6) is 0 Å². The molecule has 0 saturated carbocycles. The highest BCUT2D eigenvalue weighted by molar-refractivity contribution is 5.33. The van der Waals surface area contributed by atoms with Crippen molar-refractivity contribution in [1.82, 2.24) is 9.55 Å². The van der Waals surface area contributed by atoms with Crippen LogP contribution in [0.2, 0.25) is 0 Å². The molecule has 1 heterocycles. The van der Waals surface area contributed by atoms with Gasteiger partial charge in [-0.15, -0.1) is 0 Å². The molecular weight excluding hydrogens is 617 g/mol. The second-order valence-electron chi connectivity index (χ2n) is 16.3. The Morgan fingerprint density at radius 2 is 0.922 bits per heavy atom. The number of aryl methyl sites for hydroxylation is 1. The average Bonchev–Trinajstić information content (AvgIpc) is 3.62. The monoisotopic (exact) mass is 697 g/mol. The summed E-state index contributed by atoms with van der Waals surface area (Å²) in [5.41, 5.74) is 2.84. The molecule has 2 aromatic carbocycles. The Kier molecular flexibility index (Phi) is 23.8. The van der Waals surface area contributed by atoms with E-state index in [9.17, 15) is 0 Å². The third-order valence-electron chi connectivity index (χ3n) is 11.8. The molecule has 2 heteroatoms. The fourth-order valence-electron chi connectivity index (χ4n) is 8.48. The van der Waals surface area contributed by atoms with Crippen LogP contribution in [0.3, 0.4) is 0 Å². The lowest BCUT2D eigenvalue weighted by Gasteiger charge is -2.39. The molecule has 0 spiro atoms. The van der Waals surface area contributed by atoms with Crippen LogP contribution in [0.15, 0.2) is 73.1 Å². The summed E-state index contributed by atoms with van der Waals surface area (Å²) in [7, 11) is 0. The second-order valence-corrected chi connectivity index (χ2v) is 16.3. The average molecular weight is 697 g/mol. The van der Waals surface area contributed by atoms with Crippen molar-refractivity contribution in [2.45, 2.75) is 218 Å². The number of rotatable bonds is 33. The lowest BCUT2D eigenvalue weighted by Crippen LogP contribution is -2.35. The normalized spacial score (nSPS) is 13.4. The lowest BCUT2D eigenvalue weighted by molar-refractivity contribution is 0.321. The maximum absolute atomic E-state index is 5.16. The SMILES string of the molecule is CCCCCCCCCCCCCCCCCCCC(c1nccn1CCCCCCCCCCC)C(C)(Cc1ccccc1)c1ccccc1. The van der Waals surface area contributed by atoms with Gasteiger partial charge in [0, 0.05) is 30.3 Å². The van der Waals surface area contributed by atoms with Gasteiger partial charge in [-0.2, -0.15) is 0 Å². The summed E-state index contributed by atoms with van der Waals surface area (Å²) in [4.78, 5) is 5.16. The van der Waals surface area contributed by atoms with Crippen molar-refractivity contribution in [2.75, 3.05) is 0 Å². The van der Waals surface area contributed by atoms with Crippen molar-refractivity contribution in [3.05, 3.63) is 90.0 Å². The maximum atomic E-state index is 5.16. The Morgan fingerprint density at radius 1 is 0.510 bits per heavy atom. The van der Waals surface area contributed by atoms with E-state index in [-0.39, 0.29) is 5.41 Å². The van der Waals surface area contributed by atoms with Crippen molar-refractivity contribution >= 4 is 0 Å². The summed E-state index contributed by atoms with van der Waals surface area (Å²) < 4.78 is 2.53. The predicted octanol–water partition coefficient (Wildman–Crippen LogP) is 15.7. The summed E-state index contributed by atoms with van der Waals surface area (Å²) in [5.74, 6) is 1.69. The van der Waals surface area contributed by atoms with E-state index in [0.717, 1.165) is 13.0 Å². The fraction of sp³-hybridized carbons (Fsp3) is 0.694. The molecule has 51 heavy (non-hydrogen) atoms. The van der Waals surface area contributed by atoms with Crippen LogP contribution in [-0.4, -0.2) is 9.55 Å². The first-order valence-electron chi connectivity index (χ1n) is 22.3. The Bertz CT molecular complexity index is 1180. The minimum atomic E-state index is -0.0285. The number of benzene rings is 2. The zero-order chi connectivity index (χ0) is 36.1. The molecule has 0 radical (unpaired) electrons. The minimum absolute atomic E-state index is 0.0285. The topological polar surface area (TPSA) is 17.8 Å². The number of hydrogen-bond donors (Lipinski definition) is 0. The van der Waals surface area contributed by atoms with Crippen LogP contribution in [0.25, 0.3) is 0 Å². The van der Waals surface area contributed by atoms with Crippen molar-refractivity contribution in [3.8, 4) is 0 Å². The summed E-state index contributed by atoms with van der Waals surface area (Å²) in [6.45, 7) is 8.24. The third-order valence-corrected chi connectivity index (χ3v) is 11.8. The van der Waals surface area contributed by atoms with Crippen LogP contribution in [-0.2, 0) is 18.4 Å². The molecule has 3 rings (SSSR count). The first kappa shape index (κ1) is 43.1. The number of aromatic nitrogens is 2. The van der Waals surface area contributed by atoms with Crippen LogP contribution in [0.1, 0.15) is 217 Å². The molecule has 0 aliphatic heterocycles. The Labute approximate surface area is 317 Å². The van der Waals surface area contributed by atoms with Gasteiger partial charge in [0.15, 0.2) is 0 Å². The van der Waals surface area contributed by atoms with Gasteiger partial charge < -0.3 is 4.57 Å². The summed E-state index contributed by atoms with van der Waals surface area (Å²) >= 11 is 0. The molecule has 0 N–H and O–H groups in total. The third kappa shape index (κ3) is 17.8. The van der Waals surface area contributed by atoms with E-state index < -0.39 is 0 Å². The van der Waals surface area contributed by atoms with Gasteiger partial charge in [-0.3, -0.25) is 0 Å². The number of unbranched alkanes of at least 4 members (excludes halogenated alkanes) is 24. The first-order valence-corrected chi connectivity index (χ1v) is 22.3. The molecule has 0 amide bonds. The lowest BCUT2D eigenvalue weighted by atomic mass is 9.66.